The smallest absolute Gasteiger partial charge is 0.420 e. The molecule has 2 aliphatic heterocycles. The molecule has 2 aliphatic carbocycles. The van der Waals surface area contributed by atoms with Crippen molar-refractivity contribution in [1.29, 1.82) is 0 Å². The number of benzene rings is 2. The third-order valence-electron chi connectivity index (χ3n) is 13.3. The van der Waals surface area contributed by atoms with E-state index in [4.69, 9.17) is 4.74 Å². The zero-order chi connectivity index (χ0) is 49.7. The van der Waals surface area contributed by atoms with Gasteiger partial charge >= 0.3 is 6.09 Å². The molecule has 2 N–H and O–H groups in total. The summed E-state index contributed by atoms with van der Waals surface area (Å²) in [5, 5.41) is 2.81. The van der Waals surface area contributed by atoms with Crippen molar-refractivity contribution in [3.05, 3.63) is 109 Å². The molecule has 2 saturated heterocycles. The van der Waals surface area contributed by atoms with Gasteiger partial charge < -0.3 is 19.5 Å². The zero-order valence-electron chi connectivity index (χ0n) is 40.7. The minimum Gasteiger partial charge on any atom is -0.443 e. The Morgan fingerprint density at radius 1 is 0.757 bits per heavy atom. The first-order valence-electron chi connectivity index (χ1n) is 23.9. The lowest BCUT2D eigenvalue weighted by molar-refractivity contribution is 0.0543. The van der Waals surface area contributed by atoms with Gasteiger partial charge in [-0.25, -0.2) is 34.0 Å². The molecule has 0 unspecified atom stereocenters. The van der Waals surface area contributed by atoms with Crippen LogP contribution in [-0.2, 0) is 38.0 Å². The maximum Gasteiger partial charge on any atom is 0.420 e. The largest absolute Gasteiger partial charge is 0.443 e. The second-order valence-corrected chi connectivity index (χ2v) is 23.9. The number of aromatic nitrogens is 6. The van der Waals surface area contributed by atoms with Crippen molar-refractivity contribution >= 4 is 76.1 Å². The zero-order valence-corrected chi connectivity index (χ0v) is 43.9. The molecule has 0 atom stereocenters. The molecule has 18 nitrogen and oxygen atoms in total. The highest BCUT2D eigenvalue weighted by Crippen LogP contribution is 2.48. The van der Waals surface area contributed by atoms with E-state index in [0.29, 0.717) is 57.3 Å². The highest BCUT2D eigenvalue weighted by atomic mass is 79.9. The summed E-state index contributed by atoms with van der Waals surface area (Å²) in [6, 6.07) is 24.5. The van der Waals surface area contributed by atoms with Gasteiger partial charge in [-0.15, -0.1) is 0 Å². The van der Waals surface area contributed by atoms with Crippen molar-refractivity contribution in [1.82, 2.24) is 47.1 Å². The molecule has 70 heavy (non-hydrogen) atoms. The van der Waals surface area contributed by atoms with Gasteiger partial charge in [-0.05, 0) is 95.4 Å². The molecule has 4 aliphatic rings. The molecule has 4 fully saturated rings. The van der Waals surface area contributed by atoms with Crippen molar-refractivity contribution in [3.8, 4) is 0 Å². The van der Waals surface area contributed by atoms with Crippen LogP contribution in [0.3, 0.4) is 0 Å². The monoisotopic (exact) mass is 1060 g/mol. The number of carbonyl (C=O) groups excluding carboxylic acids is 1. The summed E-state index contributed by atoms with van der Waals surface area (Å²) in [7, 11) is -3.84. The summed E-state index contributed by atoms with van der Waals surface area (Å²) >= 11 is 3.41. The third kappa shape index (κ3) is 11.7. The minimum atomic E-state index is -3.50. The average Bonchev–Trinajstić information content (AvgIpc) is 4.16. The molecule has 0 bridgehead atoms. The number of anilines is 2. The summed E-state index contributed by atoms with van der Waals surface area (Å²) in [6.45, 7) is 9.15. The Morgan fingerprint density at radius 3 is 1.89 bits per heavy atom. The first kappa shape index (κ1) is 51.3. The summed E-state index contributed by atoms with van der Waals surface area (Å²) in [6.07, 6.45) is 13.5. The van der Waals surface area contributed by atoms with Gasteiger partial charge in [0.25, 0.3) is 20.4 Å². The average molecular weight is 1060 g/mol. The number of aromatic amines is 1. The van der Waals surface area contributed by atoms with E-state index in [9.17, 15) is 21.6 Å². The van der Waals surface area contributed by atoms with Crippen LogP contribution >= 0.6 is 15.9 Å². The number of aryl methyl sites for hydroxylation is 2. The van der Waals surface area contributed by atoms with Crippen LogP contribution in [0, 0.1) is 0 Å². The number of carbonyl (C=O) groups is 1. The van der Waals surface area contributed by atoms with Gasteiger partial charge in [0.2, 0.25) is 0 Å². The number of piperazine rings is 2. The van der Waals surface area contributed by atoms with Crippen LogP contribution in [0.2, 0.25) is 0 Å². The number of alkyl halides is 1. The number of nitrogens with zero attached hydrogens (tertiary/aromatic N) is 10. The van der Waals surface area contributed by atoms with E-state index in [0.717, 1.165) is 66.1 Å². The van der Waals surface area contributed by atoms with E-state index in [1.54, 1.807) is 34.2 Å². The summed E-state index contributed by atoms with van der Waals surface area (Å²) in [4.78, 5) is 37.4. The van der Waals surface area contributed by atoms with E-state index in [1.165, 1.54) is 46.2 Å². The molecule has 6 heterocycles. The molecule has 6 aromatic rings. The summed E-state index contributed by atoms with van der Waals surface area (Å²) in [5.41, 5.74) is 2.62. The van der Waals surface area contributed by atoms with Crippen molar-refractivity contribution < 1.29 is 26.4 Å². The molecule has 0 radical (unpaired) electrons. The lowest BCUT2D eigenvalue weighted by Gasteiger charge is -2.43. The Balaban J connectivity index is 0.000000158. The third-order valence-corrected chi connectivity index (χ3v) is 17.6. The van der Waals surface area contributed by atoms with Crippen LogP contribution in [0.1, 0.15) is 70.4 Å². The molecular weight excluding hydrogens is 997 g/mol. The van der Waals surface area contributed by atoms with Crippen molar-refractivity contribution in [2.24, 2.45) is 0 Å². The molecular formula is C49H65BrN12O6S2. The maximum atomic E-state index is 13.4. The highest BCUT2D eigenvalue weighted by Gasteiger charge is 2.57. The lowest BCUT2D eigenvalue weighted by atomic mass is 10.1. The van der Waals surface area contributed by atoms with Gasteiger partial charge in [-0.2, -0.15) is 29.8 Å². The molecule has 2 saturated carbocycles. The summed E-state index contributed by atoms with van der Waals surface area (Å²) in [5.74, 6) is 1.58. The van der Waals surface area contributed by atoms with Gasteiger partial charge in [-0.3, -0.25) is 0 Å². The number of H-pyrrole nitrogens is 1. The van der Waals surface area contributed by atoms with Gasteiger partial charge in [-0.1, -0.05) is 76.6 Å². The second kappa shape index (κ2) is 21.4. The van der Waals surface area contributed by atoms with Gasteiger partial charge in [0.1, 0.15) is 35.5 Å². The van der Waals surface area contributed by atoms with E-state index in [2.05, 4.69) is 97.8 Å². The molecule has 376 valence electrons. The van der Waals surface area contributed by atoms with Crippen molar-refractivity contribution in [2.45, 2.75) is 88.8 Å². The van der Waals surface area contributed by atoms with Crippen LogP contribution in [-0.4, -0.2) is 147 Å². The topological polar surface area (TPSA) is 195 Å². The van der Waals surface area contributed by atoms with Crippen LogP contribution in [0.5, 0.6) is 0 Å². The van der Waals surface area contributed by atoms with Gasteiger partial charge in [0.05, 0.1) is 21.9 Å². The molecule has 2 aromatic carbocycles. The van der Waals surface area contributed by atoms with Crippen LogP contribution in [0.25, 0.3) is 22.1 Å². The van der Waals surface area contributed by atoms with E-state index >= 15 is 0 Å². The number of rotatable bonds is 13. The Hall–Kier alpha value is -5.03. The first-order valence-corrected chi connectivity index (χ1v) is 27.9. The van der Waals surface area contributed by atoms with Crippen molar-refractivity contribution in [3.63, 3.8) is 0 Å². The first-order chi connectivity index (χ1) is 33.5. The fourth-order valence-electron chi connectivity index (χ4n) is 9.34. The van der Waals surface area contributed by atoms with E-state index < -0.39 is 37.7 Å². The van der Waals surface area contributed by atoms with E-state index in [1.807, 2.05) is 51.2 Å². The Labute approximate surface area is 420 Å². The van der Waals surface area contributed by atoms with Crippen molar-refractivity contribution in [2.75, 3.05) is 75.0 Å². The molecule has 2 spiro atoms. The molecule has 21 heteroatoms. The fourth-order valence-corrected chi connectivity index (χ4v) is 12.7. The van der Waals surface area contributed by atoms with E-state index in [-0.39, 0.29) is 5.54 Å². The second-order valence-electron chi connectivity index (χ2n) is 19.4. The fraction of sp³-hybridized carbons (Fsp3) is 0.490. The number of halogens is 1. The predicted octanol–water partition coefficient (Wildman–Crippen LogP) is 6.77. The number of ether oxygens (including phenoxy) is 1. The minimum absolute atomic E-state index is 0.321. The predicted molar refractivity (Wildman–Crippen MR) is 278 cm³/mol. The van der Waals surface area contributed by atoms with Crippen LogP contribution < -0.4 is 14.5 Å². The Bertz CT molecular complexity index is 2940. The van der Waals surface area contributed by atoms with Gasteiger partial charge in [0, 0.05) is 77.6 Å². The van der Waals surface area contributed by atoms with Gasteiger partial charge in [0.15, 0.2) is 5.65 Å². The summed E-state index contributed by atoms with van der Waals surface area (Å²) < 4.78 is 65.6. The number of nitrogens with one attached hydrogen (secondary N) is 2. The molecule has 0 amide bonds. The lowest BCUT2D eigenvalue weighted by Crippen LogP contribution is -2.59. The Kier molecular flexibility index (Phi) is 15.7. The molecule has 10 rings (SSSR count). The maximum absolute atomic E-state index is 13.4. The highest BCUT2D eigenvalue weighted by molar-refractivity contribution is 9.09. The normalized spacial score (nSPS) is 17.9. The quantitative estimate of drug-likeness (QED) is 0.116. The standard InChI is InChI=1S/C22H28N6O2S.C18H26N6O4S.C9H11Br/c1-26(13-5-8-18-6-3-2-4-7-18)31(29,30)28-15-14-27(16-22(28)10-11-22)21-19-9-12-23-20(19)24-17-25-21;1-17(2,3)28-16(25)23-8-5-13-14(20-12-21-15(13)23)22-9-10-24(29(26,27)19-4)18(11-22)6-7-18;10-8-4-7-9-5-2-1-3-6-9/h2-4,6-7,9,12,17H,5,8,10-11,13-16H2,1H3,(H,23,24,25);5,8,12,19H,6-7,9-11H2,1-4H3;1-3,5-6H,4,7-8H2. The number of hydrogen-bond donors (Lipinski definition) is 2. The number of hydrogen-bond acceptors (Lipinski definition) is 12. The van der Waals surface area contributed by atoms with Crippen LogP contribution in [0.15, 0.2) is 97.8 Å². The van der Waals surface area contributed by atoms with Crippen LogP contribution in [0.4, 0.5) is 16.4 Å². The SMILES string of the molecule is BrCCCc1ccccc1.CN(CCCc1ccccc1)S(=O)(=O)N1CCN(c2ncnc3[nH]ccc23)CC12CC2.CNS(=O)(=O)N1CCN(c2ncnc3c2ccn3C(=O)OC(C)(C)C)CC12CC2. The molecule has 4 aromatic heterocycles. The number of fused-ring (bicyclic) bond motifs is 2. The Morgan fingerprint density at radius 2 is 1.31 bits per heavy atom.